The van der Waals surface area contributed by atoms with Gasteiger partial charge in [-0.1, -0.05) is 29.9 Å². The Bertz CT molecular complexity index is 209. The first kappa shape index (κ1) is 8.25. The summed E-state index contributed by atoms with van der Waals surface area (Å²) in [4.78, 5) is 0. The van der Waals surface area contributed by atoms with Gasteiger partial charge in [-0.3, -0.25) is 0 Å². The van der Waals surface area contributed by atoms with Crippen LogP contribution in [0.15, 0.2) is 35.5 Å². The largest absolute Gasteiger partial charge is 0.246 e. The third kappa shape index (κ3) is 2.71. The molecule has 0 aliphatic heterocycles. The van der Waals surface area contributed by atoms with Crippen molar-refractivity contribution < 1.29 is 4.39 Å². The SMILES string of the molecule is C/C1=C/C/C=C(CF)\C=C/C1. The summed E-state index contributed by atoms with van der Waals surface area (Å²) >= 11 is 0. The van der Waals surface area contributed by atoms with E-state index >= 15 is 0 Å². The molecule has 0 nitrogen and oxygen atoms in total. The summed E-state index contributed by atoms with van der Waals surface area (Å²) in [5.74, 6) is 0. The lowest BCUT2D eigenvalue weighted by Crippen LogP contribution is -1.84. The smallest absolute Gasteiger partial charge is 0.114 e. The summed E-state index contributed by atoms with van der Waals surface area (Å²) in [6.45, 7) is 1.75. The van der Waals surface area contributed by atoms with E-state index in [1.54, 1.807) is 0 Å². The second kappa shape index (κ2) is 4.12. The molecular weight excluding hydrogens is 139 g/mol. The van der Waals surface area contributed by atoms with Crippen molar-refractivity contribution in [3.8, 4) is 0 Å². The van der Waals surface area contributed by atoms with E-state index in [0.29, 0.717) is 0 Å². The van der Waals surface area contributed by atoms with E-state index in [0.717, 1.165) is 18.4 Å². The highest BCUT2D eigenvalue weighted by Gasteiger charge is 1.93. The second-order valence-electron chi connectivity index (χ2n) is 2.81. The third-order valence-electron chi connectivity index (χ3n) is 1.77. The van der Waals surface area contributed by atoms with Crippen LogP contribution in [0, 0.1) is 0 Å². The van der Waals surface area contributed by atoms with Gasteiger partial charge in [-0.15, -0.1) is 0 Å². The number of hydrogen-bond donors (Lipinski definition) is 0. The minimum absolute atomic E-state index is 0.344. The highest BCUT2D eigenvalue weighted by atomic mass is 19.1. The Morgan fingerprint density at radius 3 is 3.00 bits per heavy atom. The Kier molecular flexibility index (Phi) is 3.09. The average molecular weight is 152 g/mol. The summed E-state index contributed by atoms with van der Waals surface area (Å²) in [6, 6.07) is 0. The number of allylic oxidation sites excluding steroid dienone is 6. The molecular formula is C10H13F. The van der Waals surface area contributed by atoms with Crippen LogP contribution in [0.5, 0.6) is 0 Å². The molecule has 0 heterocycles. The summed E-state index contributed by atoms with van der Waals surface area (Å²) < 4.78 is 12.1. The molecule has 1 rings (SSSR count). The molecule has 0 saturated heterocycles. The Balaban J connectivity index is 2.68. The van der Waals surface area contributed by atoms with Gasteiger partial charge < -0.3 is 0 Å². The molecule has 0 fully saturated rings. The van der Waals surface area contributed by atoms with Crippen molar-refractivity contribution in [3.05, 3.63) is 35.5 Å². The predicted molar refractivity (Wildman–Crippen MR) is 46.2 cm³/mol. The van der Waals surface area contributed by atoms with Gasteiger partial charge in [-0.05, 0) is 25.3 Å². The Hall–Kier alpha value is -0.850. The van der Waals surface area contributed by atoms with Gasteiger partial charge in [0.25, 0.3) is 0 Å². The van der Waals surface area contributed by atoms with E-state index in [9.17, 15) is 4.39 Å². The molecule has 11 heavy (non-hydrogen) atoms. The minimum atomic E-state index is -0.344. The van der Waals surface area contributed by atoms with Gasteiger partial charge in [0.15, 0.2) is 0 Å². The van der Waals surface area contributed by atoms with E-state index in [-0.39, 0.29) is 6.67 Å². The van der Waals surface area contributed by atoms with Crippen molar-refractivity contribution in [1.82, 2.24) is 0 Å². The van der Waals surface area contributed by atoms with Gasteiger partial charge in [0, 0.05) is 0 Å². The van der Waals surface area contributed by atoms with Crippen LogP contribution in [-0.2, 0) is 0 Å². The van der Waals surface area contributed by atoms with Crippen molar-refractivity contribution >= 4 is 0 Å². The van der Waals surface area contributed by atoms with E-state index in [1.165, 1.54) is 5.57 Å². The van der Waals surface area contributed by atoms with Crippen LogP contribution in [0.2, 0.25) is 0 Å². The monoisotopic (exact) mass is 152 g/mol. The molecule has 0 aromatic carbocycles. The fourth-order valence-electron chi connectivity index (χ4n) is 1.06. The number of rotatable bonds is 1. The van der Waals surface area contributed by atoms with Crippen LogP contribution in [-0.4, -0.2) is 6.67 Å². The summed E-state index contributed by atoms with van der Waals surface area (Å²) in [5, 5.41) is 0. The molecule has 0 radical (unpaired) electrons. The van der Waals surface area contributed by atoms with E-state index in [1.807, 2.05) is 18.2 Å². The average Bonchev–Trinajstić information content (AvgIpc) is 1.96. The van der Waals surface area contributed by atoms with Crippen molar-refractivity contribution in [1.29, 1.82) is 0 Å². The molecule has 0 atom stereocenters. The van der Waals surface area contributed by atoms with Crippen LogP contribution in [0.4, 0.5) is 4.39 Å². The van der Waals surface area contributed by atoms with Gasteiger partial charge in [0.05, 0.1) is 0 Å². The zero-order valence-corrected chi connectivity index (χ0v) is 6.81. The van der Waals surface area contributed by atoms with Crippen LogP contribution in [0.1, 0.15) is 19.8 Å². The molecule has 1 aliphatic rings. The van der Waals surface area contributed by atoms with Crippen molar-refractivity contribution in [2.45, 2.75) is 19.8 Å². The molecule has 60 valence electrons. The first-order chi connectivity index (χ1) is 5.33. The van der Waals surface area contributed by atoms with Crippen molar-refractivity contribution in [2.24, 2.45) is 0 Å². The summed E-state index contributed by atoms with van der Waals surface area (Å²) in [6.07, 6.45) is 9.78. The van der Waals surface area contributed by atoms with Crippen LogP contribution >= 0.6 is 0 Å². The maximum atomic E-state index is 12.1. The van der Waals surface area contributed by atoms with E-state index in [2.05, 4.69) is 13.0 Å². The quantitative estimate of drug-likeness (QED) is 0.506. The van der Waals surface area contributed by atoms with Gasteiger partial charge in [-0.2, -0.15) is 0 Å². The lowest BCUT2D eigenvalue weighted by atomic mass is 10.1. The van der Waals surface area contributed by atoms with E-state index in [4.69, 9.17) is 0 Å². The Morgan fingerprint density at radius 1 is 1.45 bits per heavy atom. The second-order valence-corrected chi connectivity index (χ2v) is 2.81. The molecule has 1 heteroatoms. The van der Waals surface area contributed by atoms with Crippen LogP contribution < -0.4 is 0 Å². The molecule has 0 unspecified atom stereocenters. The number of halogens is 1. The lowest BCUT2D eigenvalue weighted by Gasteiger charge is -2.00. The minimum Gasteiger partial charge on any atom is -0.246 e. The van der Waals surface area contributed by atoms with Gasteiger partial charge in [0.1, 0.15) is 6.67 Å². The fourth-order valence-corrected chi connectivity index (χ4v) is 1.06. The highest BCUT2D eigenvalue weighted by molar-refractivity contribution is 5.24. The zero-order valence-electron chi connectivity index (χ0n) is 6.81. The van der Waals surface area contributed by atoms with Gasteiger partial charge >= 0.3 is 0 Å². The summed E-state index contributed by atoms with van der Waals surface area (Å²) in [7, 11) is 0. The predicted octanol–water partition coefficient (Wildman–Crippen LogP) is 3.18. The highest BCUT2D eigenvalue weighted by Crippen LogP contribution is 2.10. The van der Waals surface area contributed by atoms with Crippen molar-refractivity contribution in [3.63, 3.8) is 0 Å². The third-order valence-corrected chi connectivity index (χ3v) is 1.77. The first-order valence-electron chi connectivity index (χ1n) is 3.90. The fraction of sp³-hybridized carbons (Fsp3) is 0.400. The van der Waals surface area contributed by atoms with Crippen LogP contribution in [0.25, 0.3) is 0 Å². The zero-order chi connectivity index (χ0) is 8.10. The molecule has 0 aromatic rings. The number of alkyl halides is 1. The van der Waals surface area contributed by atoms with Gasteiger partial charge in [0.2, 0.25) is 0 Å². The number of hydrogen-bond acceptors (Lipinski definition) is 0. The molecule has 0 saturated carbocycles. The molecule has 0 amide bonds. The van der Waals surface area contributed by atoms with Crippen LogP contribution in [0.3, 0.4) is 0 Å². The maximum Gasteiger partial charge on any atom is 0.114 e. The standard InChI is InChI=1S/C10H13F/c1-9-4-2-6-10(8-11)7-3-5-9/h2,5-7H,3-4,8H2,1H3/b6-2-,9-5-,10-7+. The molecule has 0 N–H and O–H groups in total. The first-order valence-corrected chi connectivity index (χ1v) is 3.90. The molecule has 0 bridgehead atoms. The topological polar surface area (TPSA) is 0 Å². The Morgan fingerprint density at radius 2 is 2.27 bits per heavy atom. The maximum absolute atomic E-state index is 12.1. The van der Waals surface area contributed by atoms with Gasteiger partial charge in [-0.25, -0.2) is 4.39 Å². The Labute approximate surface area is 67.1 Å². The lowest BCUT2D eigenvalue weighted by molar-refractivity contribution is 0.548. The molecule has 0 aromatic heterocycles. The molecule has 1 aliphatic carbocycles. The molecule has 0 spiro atoms. The normalized spacial score (nSPS) is 30.7. The summed E-state index contributed by atoms with van der Waals surface area (Å²) in [5.41, 5.74) is 2.16. The van der Waals surface area contributed by atoms with Crippen molar-refractivity contribution in [2.75, 3.05) is 6.67 Å². The van der Waals surface area contributed by atoms with E-state index < -0.39 is 0 Å².